The topological polar surface area (TPSA) is 157 Å². The van der Waals surface area contributed by atoms with Gasteiger partial charge in [0, 0.05) is 12.5 Å². The van der Waals surface area contributed by atoms with Crippen LogP contribution in [0.3, 0.4) is 0 Å². The summed E-state index contributed by atoms with van der Waals surface area (Å²) in [5, 5.41) is 51.8. The van der Waals surface area contributed by atoms with Crippen LogP contribution in [-0.4, -0.2) is 74.5 Å². The highest BCUT2D eigenvalue weighted by Crippen LogP contribution is 2.31. The molecule has 1 aliphatic rings. The van der Waals surface area contributed by atoms with Gasteiger partial charge in [0.2, 0.25) is 11.7 Å². The largest absolute Gasteiger partial charge is 0.478 e. The molecule has 1 aromatic rings. The van der Waals surface area contributed by atoms with Gasteiger partial charge in [-0.15, -0.1) is 0 Å². The van der Waals surface area contributed by atoms with E-state index in [4.69, 9.17) is 9.84 Å². The molecule has 0 bridgehead atoms. The summed E-state index contributed by atoms with van der Waals surface area (Å²) < 4.78 is 5.42. The highest BCUT2D eigenvalue weighted by molar-refractivity contribution is 5.86. The minimum absolute atomic E-state index is 0.0918. The summed E-state index contributed by atoms with van der Waals surface area (Å²) in [6.45, 7) is 0.393. The van der Waals surface area contributed by atoms with Crippen LogP contribution in [-0.2, 0) is 20.7 Å². The Morgan fingerprint density at radius 3 is 2.38 bits per heavy atom. The van der Waals surface area contributed by atoms with Crippen LogP contribution in [0.5, 0.6) is 0 Å². The first-order valence-electron chi connectivity index (χ1n) is 9.35. The van der Waals surface area contributed by atoms with E-state index in [1.165, 1.54) is 6.92 Å². The molecular formula is C20H27NO8. The zero-order chi connectivity index (χ0) is 21.6. The van der Waals surface area contributed by atoms with E-state index in [1.807, 2.05) is 30.3 Å². The normalized spacial score (nSPS) is 23.8. The van der Waals surface area contributed by atoms with Gasteiger partial charge in [0.1, 0.15) is 18.3 Å². The number of carbonyl (C=O) groups is 2. The Kier molecular flexibility index (Phi) is 8.15. The van der Waals surface area contributed by atoms with Gasteiger partial charge in [-0.2, -0.15) is 0 Å². The molecule has 2 rings (SSSR count). The van der Waals surface area contributed by atoms with Crippen molar-refractivity contribution >= 4 is 11.9 Å². The number of benzene rings is 1. The molecule has 0 saturated heterocycles. The molecule has 6 N–H and O–H groups in total. The lowest BCUT2D eigenvalue weighted by Gasteiger charge is -2.40. The summed E-state index contributed by atoms with van der Waals surface area (Å²) in [5.41, 5.74) is 1.14. The number of aliphatic hydroxyl groups is 4. The van der Waals surface area contributed by atoms with Gasteiger partial charge in [0.05, 0.1) is 12.6 Å². The third kappa shape index (κ3) is 5.77. The Labute approximate surface area is 168 Å². The molecule has 160 valence electrons. The summed E-state index contributed by atoms with van der Waals surface area (Å²) in [6.07, 6.45) is -4.91. The Balaban J connectivity index is 2.27. The maximum Gasteiger partial charge on any atom is 0.371 e. The molecule has 0 fully saturated rings. The Hall–Kier alpha value is -2.46. The fourth-order valence-corrected chi connectivity index (χ4v) is 3.40. The van der Waals surface area contributed by atoms with Crippen molar-refractivity contribution in [3.63, 3.8) is 0 Å². The Morgan fingerprint density at radius 2 is 1.83 bits per heavy atom. The molecule has 0 radical (unpaired) electrons. The smallest absolute Gasteiger partial charge is 0.371 e. The van der Waals surface area contributed by atoms with Crippen molar-refractivity contribution in [2.75, 3.05) is 6.61 Å². The van der Waals surface area contributed by atoms with Crippen molar-refractivity contribution in [1.29, 1.82) is 0 Å². The number of aliphatic hydroxyl groups excluding tert-OH is 4. The second-order valence-electron chi connectivity index (χ2n) is 6.99. The van der Waals surface area contributed by atoms with Crippen molar-refractivity contribution in [1.82, 2.24) is 5.32 Å². The van der Waals surface area contributed by atoms with Crippen LogP contribution in [0.1, 0.15) is 25.3 Å². The van der Waals surface area contributed by atoms with Crippen molar-refractivity contribution in [3.05, 3.63) is 47.2 Å². The summed E-state index contributed by atoms with van der Waals surface area (Å²) in [6, 6.07) is 8.34. The number of carboxylic acids is 1. The fraction of sp³-hybridized carbons (Fsp3) is 0.500. The van der Waals surface area contributed by atoms with E-state index < -0.39 is 54.7 Å². The molecule has 29 heavy (non-hydrogen) atoms. The summed E-state index contributed by atoms with van der Waals surface area (Å²) >= 11 is 0. The minimum atomic E-state index is -1.73. The summed E-state index contributed by atoms with van der Waals surface area (Å²) in [5.74, 6) is -2.49. The summed E-state index contributed by atoms with van der Waals surface area (Å²) in [7, 11) is 0. The molecule has 0 unspecified atom stereocenters. The van der Waals surface area contributed by atoms with Gasteiger partial charge in [0.25, 0.3) is 0 Å². The predicted octanol–water partition coefficient (Wildman–Crippen LogP) is -0.673. The number of hydrogen-bond acceptors (Lipinski definition) is 7. The van der Waals surface area contributed by atoms with Crippen molar-refractivity contribution in [2.24, 2.45) is 0 Å². The average molecular weight is 409 g/mol. The highest BCUT2D eigenvalue weighted by Gasteiger charge is 2.46. The maximum atomic E-state index is 11.7. The maximum absolute atomic E-state index is 11.7. The van der Waals surface area contributed by atoms with Gasteiger partial charge in [0.15, 0.2) is 6.10 Å². The second-order valence-corrected chi connectivity index (χ2v) is 6.99. The molecule has 0 spiro atoms. The Bertz CT molecular complexity index is 735. The number of carbonyl (C=O) groups excluding carboxylic acids is 1. The molecular weight excluding hydrogens is 382 g/mol. The van der Waals surface area contributed by atoms with E-state index in [-0.39, 0.29) is 12.0 Å². The first-order valence-corrected chi connectivity index (χ1v) is 9.35. The van der Waals surface area contributed by atoms with Crippen LogP contribution in [0.2, 0.25) is 0 Å². The van der Waals surface area contributed by atoms with Crippen molar-refractivity contribution in [2.45, 2.75) is 56.6 Å². The molecule has 9 nitrogen and oxygen atoms in total. The van der Waals surface area contributed by atoms with E-state index in [2.05, 4.69) is 5.32 Å². The number of hydrogen-bond donors (Lipinski definition) is 6. The van der Waals surface area contributed by atoms with Gasteiger partial charge >= 0.3 is 5.97 Å². The monoisotopic (exact) mass is 409 g/mol. The fourth-order valence-electron chi connectivity index (χ4n) is 3.40. The third-order valence-corrected chi connectivity index (χ3v) is 4.83. The molecule has 1 aromatic carbocycles. The van der Waals surface area contributed by atoms with Gasteiger partial charge in [-0.05, 0) is 24.8 Å². The second kappa shape index (κ2) is 10.4. The molecule has 0 aromatic heterocycles. The minimum Gasteiger partial charge on any atom is -0.478 e. The van der Waals surface area contributed by atoms with Crippen molar-refractivity contribution < 1.29 is 39.9 Å². The number of rotatable bonds is 9. The molecule has 1 heterocycles. The van der Waals surface area contributed by atoms with Gasteiger partial charge < -0.3 is 35.6 Å². The molecule has 0 saturated carbocycles. The lowest BCUT2D eigenvalue weighted by Crippen LogP contribution is -2.61. The Morgan fingerprint density at radius 1 is 1.17 bits per heavy atom. The van der Waals surface area contributed by atoms with Crippen LogP contribution >= 0.6 is 0 Å². The van der Waals surface area contributed by atoms with E-state index in [9.17, 15) is 30.0 Å². The molecule has 9 heteroatoms. The zero-order valence-corrected chi connectivity index (χ0v) is 16.1. The predicted molar refractivity (Wildman–Crippen MR) is 102 cm³/mol. The first-order chi connectivity index (χ1) is 13.8. The molecule has 1 amide bonds. The number of aliphatic carboxylic acids is 1. The van der Waals surface area contributed by atoms with Gasteiger partial charge in [-0.3, -0.25) is 4.79 Å². The summed E-state index contributed by atoms with van der Waals surface area (Å²) in [4.78, 5) is 23.3. The average Bonchev–Trinajstić information content (AvgIpc) is 2.69. The van der Waals surface area contributed by atoms with E-state index in [1.54, 1.807) is 0 Å². The molecule has 1 aliphatic heterocycles. The number of aryl methyl sites for hydroxylation is 1. The van der Waals surface area contributed by atoms with Crippen molar-refractivity contribution in [3.8, 4) is 0 Å². The number of carboxylic acid groups (broad SMARTS) is 1. The SMILES string of the molecule is CC(=O)N[C@H]1[C@H]([C@@H](O)[C@H](O)CO)OC(C(=O)O)=C(CCCc2ccccc2)[C@@H]1O. The molecule has 0 aliphatic carbocycles. The van der Waals surface area contributed by atoms with Gasteiger partial charge in [-0.1, -0.05) is 30.3 Å². The van der Waals surface area contributed by atoms with Crippen LogP contribution in [0.25, 0.3) is 0 Å². The standard InChI is InChI=1S/C20H27NO8/c1-11(23)21-15-16(25)13(9-5-8-12-6-3-2-4-7-12)18(20(27)28)29-19(15)17(26)14(24)10-22/h2-4,6-7,14-17,19,22,24-26H,5,8-10H2,1H3,(H,21,23)(H,27,28)/t14-,15-,16+,17+,19-/m1/s1. The highest BCUT2D eigenvalue weighted by atomic mass is 16.5. The first kappa shape index (κ1) is 22.8. The molecule has 5 atom stereocenters. The van der Waals surface area contributed by atoms with Crippen LogP contribution in [0.15, 0.2) is 41.7 Å². The third-order valence-electron chi connectivity index (χ3n) is 4.83. The quantitative estimate of drug-likeness (QED) is 0.313. The number of ether oxygens (including phenoxy) is 1. The van der Waals surface area contributed by atoms with Crippen LogP contribution < -0.4 is 5.32 Å². The van der Waals surface area contributed by atoms with Gasteiger partial charge in [-0.25, -0.2) is 4.79 Å². The van der Waals surface area contributed by atoms with E-state index in [0.29, 0.717) is 12.8 Å². The zero-order valence-electron chi connectivity index (χ0n) is 16.1. The lowest BCUT2D eigenvalue weighted by molar-refractivity contribution is -0.151. The number of nitrogens with one attached hydrogen (secondary N) is 1. The van der Waals surface area contributed by atoms with Crippen LogP contribution in [0, 0.1) is 0 Å². The van der Waals surface area contributed by atoms with Crippen LogP contribution in [0.4, 0.5) is 0 Å². The van der Waals surface area contributed by atoms with E-state index in [0.717, 1.165) is 5.56 Å². The lowest BCUT2D eigenvalue weighted by atomic mass is 9.86. The number of amides is 1. The van der Waals surface area contributed by atoms with E-state index >= 15 is 0 Å².